The maximum atomic E-state index is 3.35. The molecule has 0 aliphatic carbocycles. The van der Waals surface area contributed by atoms with Crippen LogP contribution in [-0.2, 0) is 0 Å². The zero-order chi connectivity index (χ0) is 11.3. The van der Waals surface area contributed by atoms with E-state index >= 15 is 0 Å². The van der Waals surface area contributed by atoms with E-state index in [9.17, 15) is 0 Å². The Morgan fingerprint density at radius 2 is 1.73 bits per heavy atom. The minimum atomic E-state index is 0.443. The first kappa shape index (κ1) is 13.0. The quantitative estimate of drug-likeness (QED) is 0.770. The van der Waals surface area contributed by atoms with Crippen LogP contribution in [0, 0.1) is 5.41 Å². The van der Waals surface area contributed by atoms with E-state index in [1.165, 1.54) is 38.8 Å². The van der Waals surface area contributed by atoms with E-state index in [0.717, 1.165) is 12.6 Å². The predicted octanol–water partition coefficient (Wildman–Crippen LogP) is 2.50. The molecule has 1 fully saturated rings. The van der Waals surface area contributed by atoms with Crippen LogP contribution >= 0.6 is 0 Å². The molecule has 0 aromatic heterocycles. The standard InChI is InChI=1S/C13H28N2/c1-13(2,3)10-12(11-14-4)15-8-6-5-7-9-15/h12,14H,5-11H2,1-4H3. The van der Waals surface area contributed by atoms with Crippen LogP contribution < -0.4 is 5.32 Å². The van der Waals surface area contributed by atoms with Gasteiger partial charge in [0.25, 0.3) is 0 Å². The van der Waals surface area contributed by atoms with E-state index in [4.69, 9.17) is 0 Å². The molecule has 1 atom stereocenters. The Balaban J connectivity index is 2.47. The summed E-state index contributed by atoms with van der Waals surface area (Å²) in [4.78, 5) is 2.69. The summed E-state index contributed by atoms with van der Waals surface area (Å²) in [6, 6.07) is 0.732. The summed E-state index contributed by atoms with van der Waals surface area (Å²) in [6.45, 7) is 10.8. The number of hydrogen-bond donors (Lipinski definition) is 1. The number of piperidine rings is 1. The Morgan fingerprint density at radius 1 is 1.13 bits per heavy atom. The Kier molecular flexibility index (Phi) is 5.07. The van der Waals surface area contributed by atoms with Gasteiger partial charge >= 0.3 is 0 Å². The Hall–Kier alpha value is -0.0800. The highest BCUT2D eigenvalue weighted by Gasteiger charge is 2.24. The van der Waals surface area contributed by atoms with Gasteiger partial charge in [0.1, 0.15) is 0 Å². The fourth-order valence-corrected chi connectivity index (χ4v) is 2.56. The molecule has 1 aliphatic heterocycles. The molecular formula is C13H28N2. The lowest BCUT2D eigenvalue weighted by molar-refractivity contribution is 0.124. The van der Waals surface area contributed by atoms with Gasteiger partial charge < -0.3 is 5.32 Å². The number of likely N-dealkylation sites (tertiary alicyclic amines) is 1. The fourth-order valence-electron chi connectivity index (χ4n) is 2.56. The largest absolute Gasteiger partial charge is 0.318 e. The Labute approximate surface area is 95.4 Å². The molecule has 1 heterocycles. The van der Waals surface area contributed by atoms with Gasteiger partial charge in [0, 0.05) is 12.6 Å². The normalized spacial score (nSPS) is 21.6. The first-order chi connectivity index (χ1) is 7.03. The molecule has 1 N–H and O–H groups in total. The minimum absolute atomic E-state index is 0.443. The van der Waals surface area contributed by atoms with Gasteiger partial charge in [-0.1, -0.05) is 27.2 Å². The van der Waals surface area contributed by atoms with Crippen LogP contribution in [0.4, 0.5) is 0 Å². The summed E-state index contributed by atoms with van der Waals surface area (Å²) in [5.74, 6) is 0. The van der Waals surface area contributed by atoms with Gasteiger partial charge in [0.2, 0.25) is 0 Å². The molecule has 2 nitrogen and oxygen atoms in total. The highest BCUT2D eigenvalue weighted by molar-refractivity contribution is 4.80. The van der Waals surface area contributed by atoms with Gasteiger partial charge in [-0.25, -0.2) is 0 Å². The molecule has 90 valence electrons. The first-order valence-corrected chi connectivity index (χ1v) is 6.41. The molecule has 1 aliphatic rings. The molecule has 2 heteroatoms. The van der Waals surface area contributed by atoms with E-state index in [1.807, 2.05) is 0 Å². The Morgan fingerprint density at radius 3 is 2.20 bits per heavy atom. The lowest BCUT2D eigenvalue weighted by atomic mass is 9.87. The van der Waals surface area contributed by atoms with E-state index in [2.05, 4.69) is 38.0 Å². The van der Waals surface area contributed by atoms with Crippen molar-refractivity contribution in [3.05, 3.63) is 0 Å². The lowest BCUT2D eigenvalue weighted by Gasteiger charge is -2.37. The topological polar surface area (TPSA) is 15.3 Å². The zero-order valence-electron chi connectivity index (χ0n) is 11.0. The third-order valence-electron chi connectivity index (χ3n) is 3.19. The van der Waals surface area contributed by atoms with Gasteiger partial charge in [-0.3, -0.25) is 4.90 Å². The molecular weight excluding hydrogens is 184 g/mol. The van der Waals surface area contributed by atoms with Gasteiger partial charge in [-0.2, -0.15) is 0 Å². The van der Waals surface area contributed by atoms with Crippen LogP contribution in [0.5, 0.6) is 0 Å². The monoisotopic (exact) mass is 212 g/mol. The summed E-state index contributed by atoms with van der Waals surface area (Å²) in [7, 11) is 2.07. The molecule has 1 rings (SSSR count). The van der Waals surface area contributed by atoms with Crippen LogP contribution in [0.15, 0.2) is 0 Å². The Bertz CT molecular complexity index is 166. The van der Waals surface area contributed by atoms with Crippen molar-refractivity contribution in [2.24, 2.45) is 5.41 Å². The zero-order valence-corrected chi connectivity index (χ0v) is 11.0. The minimum Gasteiger partial charge on any atom is -0.318 e. The van der Waals surface area contributed by atoms with Crippen LogP contribution in [0.2, 0.25) is 0 Å². The van der Waals surface area contributed by atoms with Gasteiger partial charge in [0.05, 0.1) is 0 Å². The highest BCUT2D eigenvalue weighted by Crippen LogP contribution is 2.25. The van der Waals surface area contributed by atoms with Crippen LogP contribution in [-0.4, -0.2) is 37.6 Å². The number of likely N-dealkylation sites (N-methyl/N-ethyl adjacent to an activating group) is 1. The van der Waals surface area contributed by atoms with E-state index in [0.29, 0.717) is 5.41 Å². The van der Waals surface area contributed by atoms with E-state index in [1.54, 1.807) is 0 Å². The van der Waals surface area contributed by atoms with Gasteiger partial charge in [0.15, 0.2) is 0 Å². The average Bonchev–Trinajstić information content (AvgIpc) is 2.17. The number of nitrogens with zero attached hydrogens (tertiary/aromatic N) is 1. The molecule has 0 aromatic carbocycles. The third kappa shape index (κ3) is 4.98. The van der Waals surface area contributed by atoms with Crippen LogP contribution in [0.25, 0.3) is 0 Å². The maximum Gasteiger partial charge on any atom is 0.0225 e. The second-order valence-electron chi connectivity index (χ2n) is 6.07. The second kappa shape index (κ2) is 5.86. The SMILES string of the molecule is CNCC(CC(C)(C)C)N1CCCCC1. The number of hydrogen-bond acceptors (Lipinski definition) is 2. The maximum absolute atomic E-state index is 3.35. The summed E-state index contributed by atoms with van der Waals surface area (Å²) in [5.41, 5.74) is 0.443. The molecule has 0 spiro atoms. The lowest BCUT2D eigenvalue weighted by Crippen LogP contribution is -2.46. The van der Waals surface area contributed by atoms with Crippen molar-refractivity contribution >= 4 is 0 Å². The third-order valence-corrected chi connectivity index (χ3v) is 3.19. The second-order valence-corrected chi connectivity index (χ2v) is 6.07. The van der Waals surface area contributed by atoms with Crippen molar-refractivity contribution < 1.29 is 0 Å². The number of nitrogens with one attached hydrogen (secondary N) is 1. The first-order valence-electron chi connectivity index (χ1n) is 6.41. The molecule has 0 bridgehead atoms. The van der Waals surface area contributed by atoms with E-state index < -0.39 is 0 Å². The van der Waals surface area contributed by atoms with Crippen molar-refractivity contribution in [1.82, 2.24) is 10.2 Å². The molecule has 0 saturated carbocycles. The number of rotatable bonds is 4. The van der Waals surface area contributed by atoms with Crippen molar-refractivity contribution in [2.45, 2.75) is 52.5 Å². The summed E-state index contributed by atoms with van der Waals surface area (Å²) < 4.78 is 0. The molecule has 0 amide bonds. The van der Waals surface area contributed by atoms with Crippen molar-refractivity contribution in [1.29, 1.82) is 0 Å². The summed E-state index contributed by atoms with van der Waals surface area (Å²) >= 11 is 0. The highest BCUT2D eigenvalue weighted by atomic mass is 15.2. The molecule has 1 saturated heterocycles. The molecule has 0 radical (unpaired) electrons. The van der Waals surface area contributed by atoms with Gasteiger partial charge in [-0.05, 0) is 44.8 Å². The summed E-state index contributed by atoms with van der Waals surface area (Å²) in [5, 5.41) is 3.35. The van der Waals surface area contributed by atoms with Crippen molar-refractivity contribution in [3.8, 4) is 0 Å². The molecule has 15 heavy (non-hydrogen) atoms. The van der Waals surface area contributed by atoms with Gasteiger partial charge in [-0.15, -0.1) is 0 Å². The predicted molar refractivity (Wildman–Crippen MR) is 67.2 cm³/mol. The fraction of sp³-hybridized carbons (Fsp3) is 1.00. The molecule has 0 aromatic rings. The summed E-state index contributed by atoms with van der Waals surface area (Å²) in [6.07, 6.45) is 5.51. The molecule has 1 unspecified atom stereocenters. The van der Waals surface area contributed by atoms with E-state index in [-0.39, 0.29) is 0 Å². The van der Waals surface area contributed by atoms with Crippen LogP contribution in [0.1, 0.15) is 46.5 Å². The average molecular weight is 212 g/mol. The van der Waals surface area contributed by atoms with Crippen LogP contribution in [0.3, 0.4) is 0 Å². The van der Waals surface area contributed by atoms with Crippen molar-refractivity contribution in [2.75, 3.05) is 26.7 Å². The van der Waals surface area contributed by atoms with Crippen molar-refractivity contribution in [3.63, 3.8) is 0 Å². The smallest absolute Gasteiger partial charge is 0.0225 e.